The number of aromatic nitrogens is 4. The topological polar surface area (TPSA) is 207 Å². The number of pyridine rings is 2. The lowest BCUT2D eigenvalue weighted by Crippen LogP contribution is -2.19. The Kier molecular flexibility index (Phi) is 16.5. The first kappa shape index (κ1) is 55.7. The normalized spacial score (nSPS) is 11.3. The fourth-order valence-electron chi connectivity index (χ4n) is 7.83. The van der Waals surface area contributed by atoms with Crippen LogP contribution in [0.4, 0.5) is 29.2 Å². The first-order chi connectivity index (χ1) is 35.3. The van der Waals surface area contributed by atoms with E-state index in [1.54, 1.807) is 0 Å². The van der Waals surface area contributed by atoms with Gasteiger partial charge in [0, 0.05) is 68.3 Å². The van der Waals surface area contributed by atoms with Gasteiger partial charge in [0.05, 0.1) is 46.4 Å². The van der Waals surface area contributed by atoms with E-state index in [2.05, 4.69) is 28.8 Å². The predicted octanol–water partition coefficient (Wildman–Crippen LogP) is 11.5. The van der Waals surface area contributed by atoms with Crippen LogP contribution in [-0.2, 0) is 20.0 Å². The molecule has 10 aromatic rings. The molecule has 0 saturated carbocycles. The van der Waals surface area contributed by atoms with Gasteiger partial charge in [-0.1, -0.05) is 40.9 Å². The Morgan fingerprint density at radius 3 is 1.26 bits per heavy atom. The molecule has 2 N–H and O–H groups in total. The van der Waals surface area contributed by atoms with Crippen molar-refractivity contribution >= 4 is 86.6 Å². The summed E-state index contributed by atoms with van der Waals surface area (Å²) >= 11 is 11.9. The lowest BCUT2D eigenvalue weighted by molar-refractivity contribution is 0.412. The SMILES string of the molecule is C.COc1cc(-c2cc(F)cc(Cl)c2)c(F)cc1-n1c(=O)ccc2cc(S(=O)(=O)Nc3ccon3)ccc21.COc1cc(-c2cc(F)cc(Cl)c2)c(F)cc1-n1c(=O)ccc2cc(S(=O)(=O)Nc3ccon3)ccc21.P. The maximum absolute atomic E-state index is 15.3. The smallest absolute Gasteiger partial charge is 0.263 e. The molecule has 76 heavy (non-hydrogen) atoms. The third kappa shape index (κ3) is 11.5. The number of nitrogens with one attached hydrogen (secondary N) is 2. The van der Waals surface area contributed by atoms with Crippen molar-refractivity contribution in [2.24, 2.45) is 0 Å². The van der Waals surface area contributed by atoms with E-state index in [0.717, 1.165) is 36.4 Å². The van der Waals surface area contributed by atoms with E-state index in [1.165, 1.54) is 133 Å². The molecule has 0 spiro atoms. The molecule has 10 rings (SSSR count). The van der Waals surface area contributed by atoms with Gasteiger partial charge in [-0.3, -0.25) is 28.2 Å². The number of rotatable bonds is 12. The summed E-state index contributed by atoms with van der Waals surface area (Å²) in [5.74, 6) is -2.53. The van der Waals surface area contributed by atoms with Crippen molar-refractivity contribution in [2.45, 2.75) is 17.2 Å². The number of halogens is 6. The number of methoxy groups -OCH3 is 2. The summed E-state index contributed by atoms with van der Waals surface area (Å²) in [5.41, 5.74) is 0.117. The summed E-state index contributed by atoms with van der Waals surface area (Å²) < 4.78 is 137. The van der Waals surface area contributed by atoms with Crippen molar-refractivity contribution in [2.75, 3.05) is 23.7 Å². The van der Waals surface area contributed by atoms with Crippen LogP contribution in [-0.4, -0.2) is 50.5 Å². The number of nitrogens with zero attached hydrogens (tertiary/aromatic N) is 4. The van der Waals surface area contributed by atoms with Gasteiger partial charge < -0.3 is 18.5 Å². The fourth-order valence-corrected chi connectivity index (χ4v) is 10.3. The Labute approximate surface area is 442 Å². The maximum atomic E-state index is 15.3. The summed E-state index contributed by atoms with van der Waals surface area (Å²) in [4.78, 5) is 25.7. The third-order valence-electron chi connectivity index (χ3n) is 11.1. The van der Waals surface area contributed by atoms with Crippen molar-refractivity contribution in [3.63, 3.8) is 0 Å². The largest absolute Gasteiger partial charge is 0.495 e. The average molecular weight is 1140 g/mol. The molecule has 0 amide bonds. The Bertz CT molecular complexity index is 3880. The summed E-state index contributed by atoms with van der Waals surface area (Å²) in [6.07, 6.45) is 2.44. The molecule has 0 aliphatic rings. The summed E-state index contributed by atoms with van der Waals surface area (Å²) in [6.45, 7) is 0. The number of fused-ring (bicyclic) bond motifs is 2. The molecule has 16 nitrogen and oxygen atoms in total. The Balaban J connectivity index is 0.000000216. The van der Waals surface area contributed by atoms with Crippen LogP contribution in [0.1, 0.15) is 7.43 Å². The molecule has 0 radical (unpaired) electrons. The standard InChI is InChI=1S/2C25H16ClF2N3O5S.CH4.H3P/c2*1-35-23-12-19(15-8-16(26)11-17(27)9-15)20(28)13-22(23)31-21-4-3-18(10-14(21)2-5-25(31)32)37(33,34)30-24-6-7-36-29-24;;/h2*2-13H,1H3,(H,29,30);1H4;1H3. The molecule has 0 bridgehead atoms. The highest BCUT2D eigenvalue weighted by atomic mass is 35.5. The van der Waals surface area contributed by atoms with Gasteiger partial charge in [0.25, 0.3) is 31.2 Å². The molecule has 25 heteroatoms. The van der Waals surface area contributed by atoms with E-state index in [1.807, 2.05) is 0 Å². The average Bonchev–Trinajstić information content (AvgIpc) is 4.09. The summed E-state index contributed by atoms with van der Waals surface area (Å²) in [6, 6.07) is 28.3. The highest BCUT2D eigenvalue weighted by Gasteiger charge is 2.23. The zero-order chi connectivity index (χ0) is 52.6. The molecule has 4 aromatic heterocycles. The summed E-state index contributed by atoms with van der Waals surface area (Å²) in [7, 11) is -5.34. The summed E-state index contributed by atoms with van der Waals surface area (Å²) in [5, 5.41) is 8.00. The Morgan fingerprint density at radius 1 is 0.526 bits per heavy atom. The quantitative estimate of drug-likeness (QED) is 0.0865. The minimum Gasteiger partial charge on any atom is -0.495 e. The second-order valence-corrected chi connectivity index (χ2v) is 20.0. The van der Waals surface area contributed by atoms with E-state index in [0.29, 0.717) is 21.8 Å². The molecule has 392 valence electrons. The van der Waals surface area contributed by atoms with Crippen LogP contribution in [0.15, 0.2) is 174 Å². The van der Waals surface area contributed by atoms with Crippen LogP contribution in [0, 0.1) is 23.3 Å². The molecule has 0 fully saturated rings. The van der Waals surface area contributed by atoms with Gasteiger partial charge in [0.2, 0.25) is 0 Å². The van der Waals surface area contributed by atoms with Crippen molar-refractivity contribution < 1.29 is 52.9 Å². The van der Waals surface area contributed by atoms with Crippen molar-refractivity contribution in [3.8, 4) is 45.1 Å². The molecule has 6 aromatic carbocycles. The Morgan fingerprint density at radius 2 is 0.921 bits per heavy atom. The maximum Gasteiger partial charge on any atom is 0.263 e. The number of sulfonamides is 2. The molecule has 0 saturated heterocycles. The van der Waals surface area contributed by atoms with E-state index < -0.39 is 54.4 Å². The molecule has 0 aliphatic carbocycles. The lowest BCUT2D eigenvalue weighted by atomic mass is 10.0. The van der Waals surface area contributed by atoms with Crippen molar-refractivity contribution in [1.82, 2.24) is 19.4 Å². The molecular weight excluding hydrogens is 1100 g/mol. The third-order valence-corrected chi connectivity index (χ3v) is 14.2. The Hall–Kier alpha value is -8.01. The van der Waals surface area contributed by atoms with Crippen LogP contribution < -0.4 is 30.0 Å². The zero-order valence-electron chi connectivity index (χ0n) is 38.5. The predicted molar refractivity (Wildman–Crippen MR) is 285 cm³/mol. The van der Waals surface area contributed by atoms with Gasteiger partial charge in [-0.15, -0.1) is 0 Å². The van der Waals surface area contributed by atoms with Gasteiger partial charge in [-0.05, 0) is 108 Å². The second-order valence-electron chi connectivity index (χ2n) is 15.8. The molecule has 0 aliphatic heterocycles. The van der Waals surface area contributed by atoms with E-state index >= 15 is 8.78 Å². The lowest BCUT2D eigenvalue weighted by Gasteiger charge is -2.16. The van der Waals surface area contributed by atoms with Gasteiger partial charge in [0.1, 0.15) is 47.3 Å². The van der Waals surface area contributed by atoms with Gasteiger partial charge >= 0.3 is 0 Å². The van der Waals surface area contributed by atoms with Gasteiger partial charge in [-0.25, -0.2) is 34.4 Å². The molecular formula is C51H39Cl2F4N6O10PS2. The molecule has 1 atom stereocenters. The number of hydrogen-bond donors (Lipinski definition) is 2. The molecule has 1 unspecified atom stereocenters. The van der Waals surface area contributed by atoms with E-state index in [9.17, 15) is 35.2 Å². The van der Waals surface area contributed by atoms with E-state index in [4.69, 9.17) is 32.7 Å². The van der Waals surface area contributed by atoms with Crippen LogP contribution in [0.5, 0.6) is 11.5 Å². The van der Waals surface area contributed by atoms with Gasteiger partial charge in [-0.2, -0.15) is 9.90 Å². The first-order valence-electron chi connectivity index (χ1n) is 21.2. The number of anilines is 2. The number of benzene rings is 6. The van der Waals surface area contributed by atoms with Crippen LogP contribution in [0.3, 0.4) is 0 Å². The minimum absolute atomic E-state index is 0. The van der Waals surface area contributed by atoms with Crippen molar-refractivity contribution in [1.29, 1.82) is 0 Å². The first-order valence-corrected chi connectivity index (χ1v) is 24.9. The van der Waals surface area contributed by atoms with E-state index in [-0.39, 0.29) is 93.9 Å². The van der Waals surface area contributed by atoms with Crippen LogP contribution in [0.25, 0.3) is 55.4 Å². The monoisotopic (exact) mass is 1140 g/mol. The number of ether oxygens (including phenoxy) is 2. The second kappa shape index (κ2) is 22.5. The van der Waals surface area contributed by atoms with Crippen molar-refractivity contribution in [3.05, 3.63) is 200 Å². The van der Waals surface area contributed by atoms with Crippen LogP contribution in [0.2, 0.25) is 10.0 Å². The highest BCUT2D eigenvalue weighted by molar-refractivity contribution is 7.93. The minimum atomic E-state index is -4.01. The zero-order valence-corrected chi connectivity index (χ0v) is 43.1. The fraction of sp³-hybridized carbons (Fsp3) is 0.0588. The number of hydrogen-bond acceptors (Lipinski definition) is 12. The van der Waals surface area contributed by atoms with Crippen LogP contribution >= 0.6 is 33.1 Å². The molecule has 4 heterocycles. The highest BCUT2D eigenvalue weighted by Crippen LogP contribution is 2.37. The van der Waals surface area contributed by atoms with Gasteiger partial charge in [0.15, 0.2) is 11.6 Å².